The predicted molar refractivity (Wildman–Crippen MR) is 61.7 cm³/mol. The third-order valence-electron chi connectivity index (χ3n) is 1.69. The van der Waals surface area contributed by atoms with Gasteiger partial charge in [-0.15, -0.1) is 0 Å². The molecule has 0 aromatic rings. The molecule has 0 aromatic carbocycles. The smallest absolute Gasteiger partial charge is 0.00669 e. The molecular formula is C13H18. The predicted octanol–water partition coefficient (Wildman–Crippen LogP) is 4.20. The minimum atomic E-state index is 0.889. The third kappa shape index (κ3) is 5.92. The van der Waals surface area contributed by atoms with Crippen molar-refractivity contribution in [3.63, 3.8) is 0 Å². The lowest BCUT2D eigenvalue weighted by molar-refractivity contribution is 1.08. The molecule has 0 atom stereocenters. The fourth-order valence-electron chi connectivity index (χ4n) is 0.996. The lowest BCUT2D eigenvalue weighted by Crippen LogP contribution is -1.82. The zero-order valence-electron chi connectivity index (χ0n) is 8.42. The molecule has 0 aliphatic heterocycles. The Morgan fingerprint density at radius 2 is 2.00 bits per heavy atom. The van der Waals surface area contributed by atoms with E-state index in [2.05, 4.69) is 25.8 Å². The molecule has 13 heavy (non-hydrogen) atoms. The van der Waals surface area contributed by atoms with E-state index in [1.807, 2.05) is 25.2 Å². The summed E-state index contributed by atoms with van der Waals surface area (Å²) in [5.74, 6) is 0. The van der Waals surface area contributed by atoms with Gasteiger partial charge >= 0.3 is 0 Å². The van der Waals surface area contributed by atoms with Gasteiger partial charge in [-0.25, -0.2) is 0 Å². The van der Waals surface area contributed by atoms with Crippen LogP contribution in [-0.4, -0.2) is 0 Å². The van der Waals surface area contributed by atoms with Crippen molar-refractivity contribution in [2.45, 2.75) is 19.8 Å². The van der Waals surface area contributed by atoms with Crippen molar-refractivity contribution in [2.75, 3.05) is 0 Å². The van der Waals surface area contributed by atoms with Crippen LogP contribution in [0.2, 0.25) is 0 Å². The summed E-state index contributed by atoms with van der Waals surface area (Å²) in [6, 6.07) is 0. The molecular weight excluding hydrogens is 156 g/mol. The molecule has 0 saturated carbocycles. The summed E-state index contributed by atoms with van der Waals surface area (Å²) >= 11 is 0. The molecule has 0 fully saturated rings. The molecule has 0 rings (SSSR count). The van der Waals surface area contributed by atoms with Crippen LogP contribution in [0.3, 0.4) is 0 Å². The first-order valence-corrected chi connectivity index (χ1v) is 4.46. The second-order valence-electron chi connectivity index (χ2n) is 2.88. The van der Waals surface area contributed by atoms with E-state index >= 15 is 0 Å². The number of rotatable bonds is 6. The van der Waals surface area contributed by atoms with E-state index in [1.165, 1.54) is 11.1 Å². The van der Waals surface area contributed by atoms with E-state index in [0.717, 1.165) is 12.8 Å². The molecule has 0 bridgehead atoms. The van der Waals surface area contributed by atoms with Crippen LogP contribution in [0.4, 0.5) is 0 Å². The number of hydrogen-bond acceptors (Lipinski definition) is 0. The van der Waals surface area contributed by atoms with Crippen molar-refractivity contribution >= 4 is 0 Å². The highest BCUT2D eigenvalue weighted by atomic mass is 14.0. The van der Waals surface area contributed by atoms with Gasteiger partial charge in [0.05, 0.1) is 0 Å². The highest BCUT2D eigenvalue weighted by Gasteiger charge is 1.94. The van der Waals surface area contributed by atoms with E-state index in [4.69, 9.17) is 0 Å². The Bertz CT molecular complexity index is 239. The van der Waals surface area contributed by atoms with E-state index in [-0.39, 0.29) is 0 Å². The van der Waals surface area contributed by atoms with Crippen molar-refractivity contribution < 1.29 is 0 Å². The van der Waals surface area contributed by atoms with Gasteiger partial charge in [-0.1, -0.05) is 55.7 Å². The van der Waals surface area contributed by atoms with Crippen LogP contribution < -0.4 is 0 Å². The van der Waals surface area contributed by atoms with E-state index in [0.29, 0.717) is 0 Å². The summed E-state index contributed by atoms with van der Waals surface area (Å²) in [6.45, 7) is 13.4. The van der Waals surface area contributed by atoms with Crippen molar-refractivity contribution in [1.82, 2.24) is 0 Å². The highest BCUT2D eigenvalue weighted by molar-refractivity contribution is 5.26. The molecule has 0 radical (unpaired) electrons. The molecule has 0 nitrogen and oxygen atoms in total. The van der Waals surface area contributed by atoms with Gasteiger partial charge in [0.2, 0.25) is 0 Å². The van der Waals surface area contributed by atoms with Crippen molar-refractivity contribution in [3.05, 3.63) is 61.3 Å². The largest absolute Gasteiger partial charge is 0.0992 e. The lowest BCUT2D eigenvalue weighted by Gasteiger charge is -2.02. The maximum Gasteiger partial charge on any atom is -0.00669 e. The standard InChI is InChI=1S/C13H18/c1-5-8-10-12(4)11-13(7-3)9-6-2/h5-9H,2-4,10-11H2,1H3/b8-5-,13-9+. The number of hydrogen-bond donors (Lipinski definition) is 0. The van der Waals surface area contributed by atoms with Gasteiger partial charge in [0.15, 0.2) is 0 Å². The van der Waals surface area contributed by atoms with Gasteiger partial charge in [-0.2, -0.15) is 0 Å². The maximum absolute atomic E-state index is 3.99. The van der Waals surface area contributed by atoms with Crippen LogP contribution in [0.15, 0.2) is 61.3 Å². The first kappa shape index (κ1) is 11.7. The summed E-state index contributed by atoms with van der Waals surface area (Å²) < 4.78 is 0. The Kier molecular flexibility index (Phi) is 6.62. The third-order valence-corrected chi connectivity index (χ3v) is 1.69. The Hall–Kier alpha value is -1.30. The monoisotopic (exact) mass is 174 g/mol. The van der Waals surface area contributed by atoms with Crippen LogP contribution >= 0.6 is 0 Å². The zero-order chi connectivity index (χ0) is 10.1. The topological polar surface area (TPSA) is 0 Å². The molecule has 0 spiro atoms. The zero-order valence-corrected chi connectivity index (χ0v) is 8.42. The molecule has 70 valence electrons. The van der Waals surface area contributed by atoms with Gasteiger partial charge in [0.25, 0.3) is 0 Å². The Labute approximate surface area is 81.7 Å². The van der Waals surface area contributed by atoms with Gasteiger partial charge < -0.3 is 0 Å². The number of allylic oxidation sites excluding steroid dienone is 7. The van der Waals surface area contributed by atoms with Crippen molar-refractivity contribution in [3.8, 4) is 0 Å². The molecule has 0 N–H and O–H groups in total. The summed E-state index contributed by atoms with van der Waals surface area (Å²) in [4.78, 5) is 0. The fourth-order valence-corrected chi connectivity index (χ4v) is 0.996. The van der Waals surface area contributed by atoms with Gasteiger partial charge in [0, 0.05) is 0 Å². The average molecular weight is 174 g/mol. The normalized spacial score (nSPS) is 11.6. The summed E-state index contributed by atoms with van der Waals surface area (Å²) in [5.41, 5.74) is 2.37. The van der Waals surface area contributed by atoms with E-state index in [1.54, 1.807) is 6.08 Å². The van der Waals surface area contributed by atoms with Crippen LogP contribution in [0.5, 0.6) is 0 Å². The highest BCUT2D eigenvalue weighted by Crippen LogP contribution is 2.13. The van der Waals surface area contributed by atoms with Crippen LogP contribution in [0.1, 0.15) is 19.8 Å². The SMILES string of the molecule is C=C/C=C(\C=C)CC(=C)C/C=C\C. The van der Waals surface area contributed by atoms with Crippen LogP contribution in [0.25, 0.3) is 0 Å². The molecule has 0 saturated heterocycles. The second-order valence-corrected chi connectivity index (χ2v) is 2.88. The lowest BCUT2D eigenvalue weighted by atomic mass is 10.0. The Morgan fingerprint density at radius 1 is 1.31 bits per heavy atom. The quantitative estimate of drug-likeness (QED) is 0.418. The molecule has 0 heteroatoms. The van der Waals surface area contributed by atoms with Crippen LogP contribution in [-0.2, 0) is 0 Å². The molecule has 0 unspecified atom stereocenters. The first-order chi connectivity index (χ1) is 6.24. The molecule has 0 amide bonds. The summed E-state index contributed by atoms with van der Waals surface area (Å²) in [5, 5.41) is 0. The van der Waals surface area contributed by atoms with Gasteiger partial charge in [-0.3, -0.25) is 0 Å². The van der Waals surface area contributed by atoms with Crippen molar-refractivity contribution in [2.24, 2.45) is 0 Å². The minimum absolute atomic E-state index is 0.889. The molecule has 0 heterocycles. The van der Waals surface area contributed by atoms with Crippen molar-refractivity contribution in [1.29, 1.82) is 0 Å². The minimum Gasteiger partial charge on any atom is -0.0992 e. The summed E-state index contributed by atoms with van der Waals surface area (Å²) in [7, 11) is 0. The average Bonchev–Trinajstić information content (AvgIpc) is 2.14. The maximum atomic E-state index is 3.99. The Morgan fingerprint density at radius 3 is 2.46 bits per heavy atom. The molecule has 0 aliphatic rings. The van der Waals surface area contributed by atoms with E-state index < -0.39 is 0 Å². The second kappa shape index (κ2) is 7.35. The first-order valence-electron chi connectivity index (χ1n) is 4.46. The summed E-state index contributed by atoms with van der Waals surface area (Å²) in [6.07, 6.45) is 11.6. The Balaban J connectivity index is 4.09. The van der Waals surface area contributed by atoms with Gasteiger partial charge in [0.1, 0.15) is 0 Å². The molecule has 0 aromatic heterocycles. The van der Waals surface area contributed by atoms with Gasteiger partial charge in [-0.05, 0) is 25.3 Å². The van der Waals surface area contributed by atoms with Crippen LogP contribution in [0, 0.1) is 0 Å². The fraction of sp³-hybridized carbons (Fsp3) is 0.231. The molecule has 0 aliphatic carbocycles. The van der Waals surface area contributed by atoms with E-state index in [9.17, 15) is 0 Å².